The number of hydrogen-bond acceptors (Lipinski definition) is 5. The average molecular weight is 807 g/mol. The van der Waals surface area contributed by atoms with Gasteiger partial charge in [0.25, 0.3) is 0 Å². The SMILES string of the molecule is c1ccc(-c2nc(-c3cccc4c3oc3ccccc34)nc(-c3cccc4oc5ccc(-c6cccc(-c7ccc8c(c7)c7ccccc7n8-c7ccccc7)c6)cc5c34)n2)cc1. The average Bonchev–Trinajstić information content (AvgIpc) is 4.04. The second-order valence-corrected chi connectivity index (χ2v) is 15.9. The van der Waals surface area contributed by atoms with E-state index < -0.39 is 0 Å². The van der Waals surface area contributed by atoms with Crippen molar-refractivity contribution >= 4 is 65.7 Å². The van der Waals surface area contributed by atoms with Crippen molar-refractivity contribution in [2.24, 2.45) is 0 Å². The molecule has 13 rings (SSSR count). The summed E-state index contributed by atoms with van der Waals surface area (Å²) >= 11 is 0. The van der Waals surface area contributed by atoms with Crippen LogP contribution in [0.3, 0.4) is 0 Å². The molecule has 9 aromatic carbocycles. The van der Waals surface area contributed by atoms with Crippen LogP contribution in [0.15, 0.2) is 215 Å². The Hall–Kier alpha value is -8.61. The first-order chi connectivity index (χ1) is 31.2. The molecule has 0 aliphatic rings. The molecule has 13 aromatic rings. The van der Waals surface area contributed by atoms with E-state index in [1.807, 2.05) is 72.8 Å². The van der Waals surface area contributed by atoms with Gasteiger partial charge in [-0.15, -0.1) is 0 Å². The zero-order chi connectivity index (χ0) is 41.4. The molecule has 0 saturated carbocycles. The molecule has 0 amide bonds. The van der Waals surface area contributed by atoms with Crippen molar-refractivity contribution < 1.29 is 8.83 Å². The largest absolute Gasteiger partial charge is 0.456 e. The van der Waals surface area contributed by atoms with E-state index in [4.69, 9.17) is 23.8 Å². The van der Waals surface area contributed by atoms with E-state index in [2.05, 4.69) is 138 Å². The Bertz CT molecular complexity index is 3920. The van der Waals surface area contributed by atoms with Gasteiger partial charge in [0.1, 0.15) is 22.3 Å². The number of fused-ring (bicyclic) bond motifs is 9. The van der Waals surface area contributed by atoms with Crippen LogP contribution in [0.4, 0.5) is 0 Å². The quantitative estimate of drug-likeness (QED) is 0.167. The Morgan fingerprint density at radius 2 is 0.873 bits per heavy atom. The van der Waals surface area contributed by atoms with Crippen LogP contribution in [0, 0.1) is 0 Å². The Morgan fingerprint density at radius 1 is 0.317 bits per heavy atom. The van der Waals surface area contributed by atoms with Crippen molar-refractivity contribution in [3.63, 3.8) is 0 Å². The number of nitrogens with zero attached hydrogens (tertiary/aromatic N) is 4. The van der Waals surface area contributed by atoms with Crippen LogP contribution in [0.5, 0.6) is 0 Å². The highest BCUT2D eigenvalue weighted by Crippen LogP contribution is 2.41. The van der Waals surface area contributed by atoms with Gasteiger partial charge in [-0.05, 0) is 89.0 Å². The number of para-hydroxylation sites is 4. The number of aromatic nitrogens is 4. The van der Waals surface area contributed by atoms with Gasteiger partial charge in [0.15, 0.2) is 17.5 Å². The summed E-state index contributed by atoms with van der Waals surface area (Å²) in [5.41, 5.74) is 13.7. The van der Waals surface area contributed by atoms with Gasteiger partial charge >= 0.3 is 0 Å². The fourth-order valence-electron chi connectivity index (χ4n) is 9.34. The van der Waals surface area contributed by atoms with Gasteiger partial charge in [-0.25, -0.2) is 15.0 Å². The summed E-state index contributed by atoms with van der Waals surface area (Å²) in [7, 11) is 0. The van der Waals surface area contributed by atoms with Crippen molar-refractivity contribution in [2.45, 2.75) is 0 Å². The molecule has 6 nitrogen and oxygen atoms in total. The predicted octanol–water partition coefficient (Wildman–Crippen LogP) is 15.1. The van der Waals surface area contributed by atoms with Gasteiger partial charge in [-0.3, -0.25) is 0 Å². The van der Waals surface area contributed by atoms with Gasteiger partial charge in [0.05, 0.1) is 16.6 Å². The topological polar surface area (TPSA) is 69.9 Å². The molecule has 0 spiro atoms. The molecule has 0 bridgehead atoms. The second-order valence-electron chi connectivity index (χ2n) is 15.9. The highest BCUT2D eigenvalue weighted by Gasteiger charge is 2.21. The van der Waals surface area contributed by atoms with Gasteiger partial charge < -0.3 is 13.4 Å². The van der Waals surface area contributed by atoms with Gasteiger partial charge in [-0.2, -0.15) is 0 Å². The summed E-state index contributed by atoms with van der Waals surface area (Å²) in [6.07, 6.45) is 0. The van der Waals surface area contributed by atoms with E-state index in [1.54, 1.807) is 0 Å². The molecule has 0 saturated heterocycles. The van der Waals surface area contributed by atoms with Crippen LogP contribution in [-0.4, -0.2) is 19.5 Å². The van der Waals surface area contributed by atoms with Gasteiger partial charge in [-0.1, -0.05) is 140 Å². The molecule has 0 unspecified atom stereocenters. The maximum absolute atomic E-state index is 6.54. The first-order valence-electron chi connectivity index (χ1n) is 21.1. The first kappa shape index (κ1) is 35.2. The zero-order valence-electron chi connectivity index (χ0n) is 33.7. The summed E-state index contributed by atoms with van der Waals surface area (Å²) in [6.45, 7) is 0. The summed E-state index contributed by atoms with van der Waals surface area (Å²) in [5, 5.41) is 6.46. The van der Waals surface area contributed by atoms with Crippen molar-refractivity contribution in [2.75, 3.05) is 0 Å². The molecule has 0 radical (unpaired) electrons. The normalized spacial score (nSPS) is 11.8. The van der Waals surface area contributed by atoms with Gasteiger partial charge in [0.2, 0.25) is 0 Å². The summed E-state index contributed by atoms with van der Waals surface area (Å²) < 4.78 is 15.4. The van der Waals surface area contributed by atoms with Crippen LogP contribution >= 0.6 is 0 Å². The molecular weight excluding hydrogens is 773 g/mol. The van der Waals surface area contributed by atoms with Crippen LogP contribution in [0.1, 0.15) is 0 Å². The maximum Gasteiger partial charge on any atom is 0.167 e. The molecule has 4 aromatic heterocycles. The minimum atomic E-state index is 0.536. The van der Waals surface area contributed by atoms with E-state index in [-0.39, 0.29) is 0 Å². The minimum absolute atomic E-state index is 0.536. The van der Waals surface area contributed by atoms with Crippen LogP contribution < -0.4 is 0 Å². The first-order valence-corrected chi connectivity index (χ1v) is 21.1. The van der Waals surface area contributed by atoms with E-state index in [0.717, 1.165) is 88.5 Å². The Kier molecular flexibility index (Phi) is 7.80. The van der Waals surface area contributed by atoms with Crippen LogP contribution in [-0.2, 0) is 0 Å². The summed E-state index contributed by atoms with van der Waals surface area (Å²) in [5.74, 6) is 1.67. The smallest absolute Gasteiger partial charge is 0.167 e. The Labute approximate surface area is 361 Å². The molecule has 294 valence electrons. The molecule has 4 heterocycles. The van der Waals surface area contributed by atoms with Crippen molar-refractivity contribution in [1.82, 2.24) is 19.5 Å². The molecule has 63 heavy (non-hydrogen) atoms. The predicted molar refractivity (Wildman–Crippen MR) is 256 cm³/mol. The highest BCUT2D eigenvalue weighted by atomic mass is 16.3. The lowest BCUT2D eigenvalue weighted by Crippen LogP contribution is -2.00. The number of hydrogen-bond donors (Lipinski definition) is 0. The third-order valence-electron chi connectivity index (χ3n) is 12.3. The van der Waals surface area contributed by atoms with Crippen LogP contribution in [0.25, 0.3) is 128 Å². The maximum atomic E-state index is 6.54. The Morgan fingerprint density at radius 3 is 1.71 bits per heavy atom. The number of benzene rings is 9. The van der Waals surface area contributed by atoms with E-state index >= 15 is 0 Å². The molecule has 0 fully saturated rings. The minimum Gasteiger partial charge on any atom is -0.456 e. The Balaban J connectivity index is 0.948. The van der Waals surface area contributed by atoms with Crippen molar-refractivity contribution in [3.8, 4) is 62.1 Å². The third kappa shape index (κ3) is 5.69. The van der Waals surface area contributed by atoms with E-state index in [1.165, 1.54) is 21.8 Å². The number of furan rings is 2. The molecule has 6 heteroatoms. The molecule has 0 atom stereocenters. The fraction of sp³-hybridized carbons (Fsp3) is 0. The molecular formula is C57H34N4O2. The monoisotopic (exact) mass is 806 g/mol. The third-order valence-corrected chi connectivity index (χ3v) is 12.3. The summed E-state index contributed by atoms with van der Waals surface area (Å²) in [6, 6.07) is 71.7. The van der Waals surface area contributed by atoms with E-state index in [0.29, 0.717) is 17.5 Å². The van der Waals surface area contributed by atoms with Crippen molar-refractivity contribution in [3.05, 3.63) is 206 Å². The summed E-state index contributed by atoms with van der Waals surface area (Å²) in [4.78, 5) is 15.4. The zero-order valence-corrected chi connectivity index (χ0v) is 33.7. The van der Waals surface area contributed by atoms with Crippen molar-refractivity contribution in [1.29, 1.82) is 0 Å². The lowest BCUT2D eigenvalue weighted by atomic mass is 9.96. The lowest BCUT2D eigenvalue weighted by Gasteiger charge is -2.10. The molecule has 0 aliphatic heterocycles. The van der Waals surface area contributed by atoms with Crippen LogP contribution in [0.2, 0.25) is 0 Å². The second kappa shape index (κ2) is 14.0. The van der Waals surface area contributed by atoms with Gasteiger partial charge in [0, 0.05) is 49.1 Å². The fourth-order valence-corrected chi connectivity index (χ4v) is 9.34. The number of rotatable bonds is 6. The highest BCUT2D eigenvalue weighted by molar-refractivity contribution is 6.14. The lowest BCUT2D eigenvalue weighted by molar-refractivity contribution is 0.668. The van der Waals surface area contributed by atoms with E-state index in [9.17, 15) is 0 Å². The standard InChI is InChI=1S/C57H34N4O2/c1-3-14-35(15-4-1)55-58-56(60-57(59-55)45-24-12-22-43-42-21-8-10-26-50(42)63-54(43)45)44-23-13-27-52-53(44)47-34-39(29-31-51(47)62-52)37-17-11-16-36(32-37)38-28-30-49-46(33-38)41-20-7-9-25-48(41)61(49)40-18-5-2-6-19-40/h1-34H. The molecule has 0 aliphatic carbocycles. The molecule has 0 N–H and O–H groups in total.